The molecule has 8 heteroatoms. The number of nitrogens with one attached hydrogen (secondary N) is 2. The number of nitrogens with zero attached hydrogens (tertiary/aromatic N) is 2. The topological polar surface area (TPSA) is 66.5 Å². The van der Waals surface area contributed by atoms with Crippen LogP contribution in [0.25, 0.3) is 0 Å². The fourth-order valence-corrected chi connectivity index (χ4v) is 5.04. The van der Waals surface area contributed by atoms with Crippen LogP contribution in [0, 0.1) is 0 Å². The van der Waals surface area contributed by atoms with E-state index in [-0.39, 0.29) is 12.1 Å². The summed E-state index contributed by atoms with van der Waals surface area (Å²) in [5.41, 5.74) is 2.28. The molecule has 0 spiro atoms. The standard InChI is InChI=1S/C17H22N4O2S2/c22-16(19-14-2-1-3-15-13(14)4-9-24-15)20-17-18-12(11-25-17)10-21-5-7-23-8-6-21/h4,9,11,14H,1-3,5-8,10H2,(H2,18,19,20,22). The minimum Gasteiger partial charge on any atom is -0.379 e. The predicted octanol–water partition coefficient (Wildman–Crippen LogP) is 3.24. The summed E-state index contributed by atoms with van der Waals surface area (Å²) in [7, 11) is 0. The van der Waals surface area contributed by atoms with Gasteiger partial charge in [0.1, 0.15) is 0 Å². The van der Waals surface area contributed by atoms with Crippen LogP contribution in [0.2, 0.25) is 0 Å². The first kappa shape index (κ1) is 17.0. The number of carbonyl (C=O) groups excluding carboxylic acids is 1. The lowest BCUT2D eigenvalue weighted by atomic mass is 9.94. The number of amides is 2. The molecular formula is C17H22N4O2S2. The third-order valence-corrected chi connectivity index (χ3v) is 6.42. The van der Waals surface area contributed by atoms with E-state index in [9.17, 15) is 4.79 Å². The van der Waals surface area contributed by atoms with Crippen molar-refractivity contribution in [2.24, 2.45) is 0 Å². The first-order valence-corrected chi connectivity index (χ1v) is 10.4. The zero-order chi connectivity index (χ0) is 17.1. The van der Waals surface area contributed by atoms with Crippen LogP contribution in [0.3, 0.4) is 0 Å². The van der Waals surface area contributed by atoms with Crippen LogP contribution >= 0.6 is 22.7 Å². The van der Waals surface area contributed by atoms with Crippen LogP contribution in [0.15, 0.2) is 16.8 Å². The molecule has 1 aliphatic carbocycles. The van der Waals surface area contributed by atoms with Gasteiger partial charge in [0.25, 0.3) is 0 Å². The number of anilines is 1. The Morgan fingerprint density at radius 2 is 2.24 bits per heavy atom. The number of urea groups is 1. The van der Waals surface area contributed by atoms with E-state index in [1.807, 2.05) is 5.38 Å². The maximum atomic E-state index is 12.3. The maximum Gasteiger partial charge on any atom is 0.321 e. The number of thiophene rings is 1. The number of aromatic nitrogens is 1. The molecule has 25 heavy (non-hydrogen) atoms. The van der Waals surface area contributed by atoms with Crippen LogP contribution in [-0.4, -0.2) is 42.2 Å². The number of morpholine rings is 1. The molecule has 1 aliphatic heterocycles. The van der Waals surface area contributed by atoms with Gasteiger partial charge in [0.05, 0.1) is 24.9 Å². The first-order valence-electron chi connectivity index (χ1n) is 8.66. The molecule has 1 atom stereocenters. The molecule has 134 valence electrons. The average molecular weight is 379 g/mol. The molecule has 2 aliphatic rings. The maximum absolute atomic E-state index is 12.3. The number of thiazole rings is 1. The quantitative estimate of drug-likeness (QED) is 0.857. The second-order valence-electron chi connectivity index (χ2n) is 6.37. The molecule has 4 rings (SSSR count). The summed E-state index contributed by atoms with van der Waals surface area (Å²) in [5.74, 6) is 0. The van der Waals surface area contributed by atoms with Crippen molar-refractivity contribution in [2.75, 3.05) is 31.6 Å². The molecule has 6 nitrogen and oxygen atoms in total. The molecule has 0 bridgehead atoms. The molecule has 2 amide bonds. The number of rotatable bonds is 4. The van der Waals surface area contributed by atoms with Gasteiger partial charge in [-0.25, -0.2) is 9.78 Å². The molecule has 0 saturated carbocycles. The number of fused-ring (bicyclic) bond motifs is 1. The van der Waals surface area contributed by atoms with Gasteiger partial charge in [-0.3, -0.25) is 10.2 Å². The highest BCUT2D eigenvalue weighted by Gasteiger charge is 2.23. The van der Waals surface area contributed by atoms with Gasteiger partial charge < -0.3 is 10.1 Å². The van der Waals surface area contributed by atoms with Crippen molar-refractivity contribution in [3.8, 4) is 0 Å². The average Bonchev–Trinajstić information content (AvgIpc) is 3.26. The zero-order valence-electron chi connectivity index (χ0n) is 14.0. The number of ether oxygens (including phenoxy) is 1. The number of carbonyl (C=O) groups is 1. The molecule has 0 aromatic carbocycles. The van der Waals surface area contributed by atoms with E-state index >= 15 is 0 Å². The van der Waals surface area contributed by atoms with Crippen LogP contribution in [0.1, 0.15) is 35.0 Å². The van der Waals surface area contributed by atoms with Gasteiger partial charge in [0, 0.05) is 29.9 Å². The predicted molar refractivity (Wildman–Crippen MR) is 100 cm³/mol. The Labute approximate surface area is 155 Å². The largest absolute Gasteiger partial charge is 0.379 e. The minimum atomic E-state index is -0.170. The van der Waals surface area contributed by atoms with E-state index < -0.39 is 0 Å². The Kier molecular flexibility index (Phi) is 5.30. The van der Waals surface area contributed by atoms with E-state index in [0.717, 1.165) is 57.8 Å². The molecule has 2 aromatic rings. The van der Waals surface area contributed by atoms with Gasteiger partial charge in [-0.2, -0.15) is 0 Å². The highest BCUT2D eigenvalue weighted by atomic mass is 32.1. The smallest absolute Gasteiger partial charge is 0.321 e. The van der Waals surface area contributed by atoms with Crippen molar-refractivity contribution in [3.05, 3.63) is 33.0 Å². The molecular weight excluding hydrogens is 356 g/mol. The van der Waals surface area contributed by atoms with Crippen molar-refractivity contribution in [3.63, 3.8) is 0 Å². The van der Waals surface area contributed by atoms with Gasteiger partial charge in [-0.15, -0.1) is 22.7 Å². The summed E-state index contributed by atoms with van der Waals surface area (Å²) in [6.07, 6.45) is 3.25. The van der Waals surface area contributed by atoms with Crippen molar-refractivity contribution in [1.29, 1.82) is 0 Å². The SMILES string of the molecule is O=C(Nc1nc(CN2CCOCC2)cs1)NC1CCCc2sccc21. The van der Waals surface area contributed by atoms with E-state index in [1.165, 1.54) is 21.8 Å². The van der Waals surface area contributed by atoms with Crippen molar-refractivity contribution < 1.29 is 9.53 Å². The fourth-order valence-electron chi connectivity index (χ4n) is 3.35. The normalized spacial score (nSPS) is 20.9. The Balaban J connectivity index is 1.31. The number of hydrogen-bond donors (Lipinski definition) is 2. The van der Waals surface area contributed by atoms with Crippen LogP contribution in [0.5, 0.6) is 0 Å². The van der Waals surface area contributed by atoms with E-state index in [2.05, 4.69) is 32.0 Å². The summed E-state index contributed by atoms with van der Waals surface area (Å²) in [6.45, 7) is 4.24. The van der Waals surface area contributed by atoms with Gasteiger partial charge in [-0.1, -0.05) is 0 Å². The second-order valence-corrected chi connectivity index (χ2v) is 8.23. The van der Waals surface area contributed by atoms with Gasteiger partial charge in [0.15, 0.2) is 5.13 Å². The van der Waals surface area contributed by atoms with E-state index in [4.69, 9.17) is 4.74 Å². The van der Waals surface area contributed by atoms with Crippen molar-refractivity contribution in [1.82, 2.24) is 15.2 Å². The van der Waals surface area contributed by atoms with Crippen molar-refractivity contribution >= 4 is 33.8 Å². The zero-order valence-corrected chi connectivity index (χ0v) is 15.6. The Morgan fingerprint density at radius 1 is 1.36 bits per heavy atom. The Morgan fingerprint density at radius 3 is 3.12 bits per heavy atom. The van der Waals surface area contributed by atoms with E-state index in [1.54, 1.807) is 11.3 Å². The molecule has 3 heterocycles. The van der Waals surface area contributed by atoms with Crippen LogP contribution in [-0.2, 0) is 17.7 Å². The monoisotopic (exact) mass is 378 g/mol. The third kappa shape index (κ3) is 4.20. The lowest BCUT2D eigenvalue weighted by Gasteiger charge is -2.25. The molecule has 2 aromatic heterocycles. The van der Waals surface area contributed by atoms with Gasteiger partial charge in [-0.05, 0) is 36.3 Å². The summed E-state index contributed by atoms with van der Waals surface area (Å²) in [4.78, 5) is 20.6. The highest BCUT2D eigenvalue weighted by molar-refractivity contribution is 7.13. The lowest BCUT2D eigenvalue weighted by Crippen LogP contribution is -2.35. The van der Waals surface area contributed by atoms with Crippen molar-refractivity contribution in [2.45, 2.75) is 31.8 Å². The van der Waals surface area contributed by atoms with Crippen LogP contribution in [0.4, 0.5) is 9.93 Å². The minimum absolute atomic E-state index is 0.114. The molecule has 1 fully saturated rings. The summed E-state index contributed by atoms with van der Waals surface area (Å²) < 4.78 is 5.36. The Hall–Kier alpha value is -1.48. The lowest BCUT2D eigenvalue weighted by molar-refractivity contribution is 0.0337. The third-order valence-electron chi connectivity index (χ3n) is 4.62. The van der Waals surface area contributed by atoms with E-state index in [0.29, 0.717) is 5.13 Å². The van der Waals surface area contributed by atoms with Gasteiger partial charge in [0.2, 0.25) is 0 Å². The molecule has 1 saturated heterocycles. The first-order chi connectivity index (χ1) is 12.3. The Bertz CT molecular complexity index is 724. The summed E-state index contributed by atoms with van der Waals surface area (Å²) in [5, 5.41) is 10.8. The number of hydrogen-bond acceptors (Lipinski definition) is 6. The molecule has 2 N–H and O–H groups in total. The highest BCUT2D eigenvalue weighted by Crippen LogP contribution is 2.33. The number of aryl methyl sites for hydroxylation is 1. The summed E-state index contributed by atoms with van der Waals surface area (Å²) in [6, 6.07) is 2.08. The summed E-state index contributed by atoms with van der Waals surface area (Å²) >= 11 is 3.26. The fraction of sp³-hybridized carbons (Fsp3) is 0.529. The van der Waals surface area contributed by atoms with Gasteiger partial charge >= 0.3 is 6.03 Å². The van der Waals surface area contributed by atoms with Crippen LogP contribution < -0.4 is 10.6 Å². The second kappa shape index (κ2) is 7.82. The molecule has 1 unspecified atom stereocenters. The molecule has 0 radical (unpaired) electrons.